The molecule has 2 aliphatic carbocycles. The van der Waals surface area contributed by atoms with Gasteiger partial charge >= 0.3 is 5.97 Å². The van der Waals surface area contributed by atoms with Gasteiger partial charge < -0.3 is 9.84 Å². The third-order valence-corrected chi connectivity index (χ3v) is 5.82. The summed E-state index contributed by atoms with van der Waals surface area (Å²) in [5, 5.41) is 9.04. The van der Waals surface area contributed by atoms with Crippen LogP contribution in [0.5, 0.6) is 0 Å². The van der Waals surface area contributed by atoms with E-state index in [0.29, 0.717) is 5.92 Å². The fourth-order valence-corrected chi connectivity index (χ4v) is 4.56. The molecule has 0 aromatic rings. The maximum atomic E-state index is 11.0. The van der Waals surface area contributed by atoms with Crippen molar-refractivity contribution in [2.24, 2.45) is 16.7 Å². The monoisotopic (exact) mass is 210 g/mol. The van der Waals surface area contributed by atoms with Gasteiger partial charge in [0.25, 0.3) is 0 Å². The molecule has 3 nitrogen and oxygen atoms in total. The zero-order valence-electron chi connectivity index (χ0n) is 9.38. The van der Waals surface area contributed by atoms with Crippen molar-refractivity contribution in [1.82, 2.24) is 0 Å². The van der Waals surface area contributed by atoms with Gasteiger partial charge in [0.2, 0.25) is 0 Å². The van der Waals surface area contributed by atoms with Gasteiger partial charge in [-0.05, 0) is 25.2 Å². The average molecular weight is 210 g/mol. The molecular weight excluding hydrogens is 192 g/mol. The molecule has 2 saturated carbocycles. The van der Waals surface area contributed by atoms with Gasteiger partial charge in [0, 0.05) is 10.8 Å². The van der Waals surface area contributed by atoms with Gasteiger partial charge in [-0.25, -0.2) is 0 Å². The van der Waals surface area contributed by atoms with E-state index in [1.54, 1.807) is 0 Å². The van der Waals surface area contributed by atoms with Gasteiger partial charge in [0.15, 0.2) is 0 Å². The first-order valence-corrected chi connectivity index (χ1v) is 5.79. The lowest BCUT2D eigenvalue weighted by molar-refractivity contribution is -0.151. The summed E-state index contributed by atoms with van der Waals surface area (Å²) in [5.41, 5.74) is -0.0119. The topological polar surface area (TPSA) is 46.5 Å². The van der Waals surface area contributed by atoms with Crippen molar-refractivity contribution in [2.75, 3.05) is 6.61 Å². The highest BCUT2D eigenvalue weighted by Crippen LogP contribution is 2.75. The van der Waals surface area contributed by atoms with Crippen molar-refractivity contribution in [2.45, 2.75) is 45.1 Å². The third kappa shape index (κ3) is 0.814. The second-order valence-corrected chi connectivity index (χ2v) is 6.04. The zero-order chi connectivity index (χ0) is 10.9. The molecule has 0 unspecified atom stereocenters. The van der Waals surface area contributed by atoms with Crippen molar-refractivity contribution < 1.29 is 14.6 Å². The molecule has 1 aliphatic heterocycles. The Kier molecular flexibility index (Phi) is 1.54. The zero-order valence-corrected chi connectivity index (χ0v) is 9.38. The summed E-state index contributed by atoms with van der Waals surface area (Å²) in [5.74, 6) is -0.0244. The lowest BCUT2D eigenvalue weighted by atomic mass is 9.65. The SMILES string of the molecule is C[C@]12CC[C@@H]3C[C@@]1(CC(=O)O)OC[C@@]32C. The van der Waals surface area contributed by atoms with Gasteiger partial charge in [0.05, 0.1) is 18.6 Å². The van der Waals surface area contributed by atoms with E-state index in [0.717, 1.165) is 19.4 Å². The minimum atomic E-state index is -0.715. The summed E-state index contributed by atoms with van der Waals surface area (Å²) in [4.78, 5) is 11.0. The van der Waals surface area contributed by atoms with E-state index < -0.39 is 5.97 Å². The standard InChI is InChI=1S/C12H18O3/c1-10-7-15-12(6-9(13)14)5-8(10)3-4-11(10,12)2/h8H,3-7H2,1-2H3,(H,13,14)/t8-,10+,11-,12+/m1/s1. The number of hydrogen-bond donors (Lipinski definition) is 1. The largest absolute Gasteiger partial charge is 0.481 e. The molecule has 0 spiro atoms. The number of rotatable bonds is 2. The third-order valence-electron chi connectivity index (χ3n) is 5.82. The van der Waals surface area contributed by atoms with Crippen LogP contribution >= 0.6 is 0 Å². The van der Waals surface area contributed by atoms with E-state index >= 15 is 0 Å². The van der Waals surface area contributed by atoms with Gasteiger partial charge in [-0.3, -0.25) is 4.79 Å². The predicted octanol–water partition coefficient (Wildman–Crippen LogP) is 2.06. The Bertz CT molecular complexity index is 340. The van der Waals surface area contributed by atoms with E-state index in [2.05, 4.69) is 13.8 Å². The van der Waals surface area contributed by atoms with Crippen LogP contribution in [-0.2, 0) is 9.53 Å². The van der Waals surface area contributed by atoms with Gasteiger partial charge in [-0.1, -0.05) is 13.8 Å². The van der Waals surface area contributed by atoms with Gasteiger partial charge in [-0.15, -0.1) is 0 Å². The fourth-order valence-electron chi connectivity index (χ4n) is 4.56. The molecule has 3 heteroatoms. The first-order valence-electron chi connectivity index (χ1n) is 5.79. The van der Waals surface area contributed by atoms with E-state index in [1.807, 2.05) is 0 Å². The van der Waals surface area contributed by atoms with Crippen molar-refractivity contribution in [1.29, 1.82) is 0 Å². The Morgan fingerprint density at radius 3 is 2.80 bits per heavy atom. The molecule has 0 aromatic carbocycles. The van der Waals surface area contributed by atoms with Gasteiger partial charge in [-0.2, -0.15) is 0 Å². The molecule has 3 fully saturated rings. The highest BCUT2D eigenvalue weighted by atomic mass is 16.5. The summed E-state index contributed by atoms with van der Waals surface area (Å²) in [6.07, 6.45) is 3.56. The Morgan fingerprint density at radius 2 is 2.27 bits per heavy atom. The van der Waals surface area contributed by atoms with Crippen LogP contribution in [0.4, 0.5) is 0 Å². The van der Waals surface area contributed by atoms with Crippen molar-refractivity contribution in [3.63, 3.8) is 0 Å². The summed E-state index contributed by atoms with van der Waals surface area (Å²) >= 11 is 0. The smallest absolute Gasteiger partial charge is 0.306 e. The summed E-state index contributed by atoms with van der Waals surface area (Å²) < 4.78 is 5.91. The maximum Gasteiger partial charge on any atom is 0.306 e. The molecule has 0 aromatic heterocycles. The Labute approximate surface area is 89.8 Å². The minimum absolute atomic E-state index is 0.100. The molecule has 0 amide bonds. The quantitative estimate of drug-likeness (QED) is 0.758. The fraction of sp³-hybridized carbons (Fsp3) is 0.917. The van der Waals surface area contributed by atoms with Crippen LogP contribution in [0.15, 0.2) is 0 Å². The van der Waals surface area contributed by atoms with E-state index in [9.17, 15) is 4.79 Å². The molecule has 4 atom stereocenters. The average Bonchev–Trinajstić information content (AvgIpc) is 2.57. The second kappa shape index (κ2) is 2.40. The number of carbonyl (C=O) groups is 1. The maximum absolute atomic E-state index is 11.0. The highest BCUT2D eigenvalue weighted by molar-refractivity contribution is 5.69. The molecule has 1 heterocycles. The number of aliphatic carboxylic acids is 1. The number of carboxylic acids is 1. The normalized spacial score (nSPS) is 56.3. The van der Waals surface area contributed by atoms with Crippen LogP contribution < -0.4 is 0 Å². The van der Waals surface area contributed by atoms with Crippen molar-refractivity contribution in [3.8, 4) is 0 Å². The molecular formula is C12H18O3. The Balaban J connectivity index is 2.04. The van der Waals surface area contributed by atoms with Crippen LogP contribution in [0.25, 0.3) is 0 Å². The minimum Gasteiger partial charge on any atom is -0.481 e. The van der Waals surface area contributed by atoms with Crippen LogP contribution in [0.1, 0.15) is 39.5 Å². The van der Waals surface area contributed by atoms with Crippen molar-refractivity contribution >= 4 is 5.97 Å². The lowest BCUT2D eigenvalue weighted by Gasteiger charge is -2.40. The number of hydrogen-bond acceptors (Lipinski definition) is 2. The summed E-state index contributed by atoms with van der Waals surface area (Å²) in [6, 6.07) is 0. The Hall–Kier alpha value is -0.570. The van der Waals surface area contributed by atoms with E-state index in [4.69, 9.17) is 9.84 Å². The first kappa shape index (κ1) is 9.64. The van der Waals surface area contributed by atoms with Crippen molar-refractivity contribution in [3.05, 3.63) is 0 Å². The van der Waals surface area contributed by atoms with Crippen LogP contribution in [0, 0.1) is 16.7 Å². The van der Waals surface area contributed by atoms with Crippen LogP contribution in [0.2, 0.25) is 0 Å². The number of carboxylic acid groups (broad SMARTS) is 1. The second-order valence-electron chi connectivity index (χ2n) is 6.04. The Morgan fingerprint density at radius 1 is 1.53 bits per heavy atom. The van der Waals surface area contributed by atoms with Crippen LogP contribution in [-0.4, -0.2) is 23.3 Å². The molecule has 3 aliphatic rings. The molecule has 0 radical (unpaired) electrons. The molecule has 84 valence electrons. The van der Waals surface area contributed by atoms with E-state index in [-0.39, 0.29) is 22.9 Å². The summed E-state index contributed by atoms with van der Waals surface area (Å²) in [7, 11) is 0. The molecule has 4 bridgehead atoms. The molecule has 1 N–H and O–H groups in total. The predicted molar refractivity (Wildman–Crippen MR) is 54.5 cm³/mol. The number of ether oxygens (including phenoxy) is 1. The highest BCUT2D eigenvalue weighted by Gasteiger charge is 2.75. The molecule has 15 heavy (non-hydrogen) atoms. The molecule has 1 saturated heterocycles. The van der Waals surface area contributed by atoms with Crippen LogP contribution in [0.3, 0.4) is 0 Å². The molecule has 3 rings (SSSR count). The van der Waals surface area contributed by atoms with E-state index in [1.165, 1.54) is 6.42 Å². The van der Waals surface area contributed by atoms with Gasteiger partial charge in [0.1, 0.15) is 0 Å². The first-order chi connectivity index (χ1) is 6.94. The lowest BCUT2D eigenvalue weighted by Crippen LogP contribution is -2.44. The summed E-state index contributed by atoms with van der Waals surface area (Å²) in [6.45, 7) is 5.30.